The van der Waals surface area contributed by atoms with Crippen LogP contribution in [0.25, 0.3) is 0 Å². The van der Waals surface area contributed by atoms with Gasteiger partial charge in [-0.05, 0) is 36.1 Å². The molecule has 10 heteroatoms. The first kappa shape index (κ1) is 24.2. The van der Waals surface area contributed by atoms with Crippen molar-refractivity contribution in [2.24, 2.45) is 0 Å². The van der Waals surface area contributed by atoms with E-state index in [2.05, 4.69) is 10.6 Å². The molecular weight excluding hydrogens is 452 g/mol. The van der Waals surface area contributed by atoms with E-state index >= 15 is 0 Å². The first-order chi connectivity index (χ1) is 15.5. The summed E-state index contributed by atoms with van der Waals surface area (Å²) in [4.78, 5) is 41.7. The number of hydrogen-bond acceptors (Lipinski definition) is 6. The van der Waals surface area contributed by atoms with Crippen LogP contribution in [0.4, 0.5) is 5.69 Å². The zero-order valence-electron chi connectivity index (χ0n) is 17.9. The Morgan fingerprint density at radius 1 is 1.16 bits per heavy atom. The van der Waals surface area contributed by atoms with Gasteiger partial charge in [-0.15, -0.1) is 11.3 Å². The fraction of sp³-hybridized carbons (Fsp3) is 0.409. The molecule has 0 unspecified atom stereocenters. The number of halogens is 1. The van der Waals surface area contributed by atoms with Gasteiger partial charge in [0.05, 0.1) is 22.1 Å². The SMILES string of the molecule is COCCCNC(=O)CN1CCN(C(=O)c2ccc(Cl)c(NC(=O)c3cccs3)c2)CC1. The molecule has 32 heavy (non-hydrogen) atoms. The monoisotopic (exact) mass is 478 g/mol. The van der Waals surface area contributed by atoms with Crippen LogP contribution in [0.1, 0.15) is 26.5 Å². The standard InChI is InChI=1S/C22H27ClN4O4S/c1-31-12-3-7-24-20(28)15-26-8-10-27(11-9-26)22(30)16-5-6-17(23)18(14-16)25-21(29)19-4-2-13-32-19/h2,4-6,13-14H,3,7-12,15H2,1H3,(H,24,28)(H,25,29). The van der Waals surface area contributed by atoms with Crippen LogP contribution in [0.15, 0.2) is 35.7 Å². The molecule has 2 heterocycles. The Morgan fingerprint density at radius 3 is 2.62 bits per heavy atom. The van der Waals surface area contributed by atoms with E-state index in [0.29, 0.717) is 67.0 Å². The van der Waals surface area contributed by atoms with Crippen molar-refractivity contribution < 1.29 is 19.1 Å². The third-order valence-electron chi connectivity index (χ3n) is 5.08. The van der Waals surface area contributed by atoms with E-state index in [1.54, 1.807) is 42.3 Å². The number of nitrogens with one attached hydrogen (secondary N) is 2. The van der Waals surface area contributed by atoms with Gasteiger partial charge in [-0.3, -0.25) is 19.3 Å². The summed E-state index contributed by atoms with van der Waals surface area (Å²) < 4.78 is 4.97. The summed E-state index contributed by atoms with van der Waals surface area (Å²) in [5.74, 6) is -0.415. The van der Waals surface area contributed by atoms with Gasteiger partial charge >= 0.3 is 0 Å². The average molecular weight is 479 g/mol. The molecule has 1 saturated heterocycles. The van der Waals surface area contributed by atoms with Crippen LogP contribution in [-0.4, -0.2) is 80.5 Å². The van der Waals surface area contributed by atoms with Crippen LogP contribution in [0, 0.1) is 0 Å². The highest BCUT2D eigenvalue weighted by Gasteiger charge is 2.24. The van der Waals surface area contributed by atoms with Crippen molar-refractivity contribution in [3.05, 3.63) is 51.2 Å². The zero-order valence-corrected chi connectivity index (χ0v) is 19.5. The number of rotatable bonds is 9. The van der Waals surface area contributed by atoms with Crippen LogP contribution >= 0.6 is 22.9 Å². The predicted octanol–water partition coefficient (Wildman–Crippen LogP) is 2.56. The van der Waals surface area contributed by atoms with Gasteiger partial charge in [0.1, 0.15) is 0 Å². The van der Waals surface area contributed by atoms with Gasteiger partial charge in [0.2, 0.25) is 5.91 Å². The fourth-order valence-electron chi connectivity index (χ4n) is 3.34. The van der Waals surface area contributed by atoms with Crippen molar-refractivity contribution in [2.45, 2.75) is 6.42 Å². The zero-order chi connectivity index (χ0) is 22.9. The molecule has 8 nitrogen and oxygen atoms in total. The molecule has 2 aromatic rings. The number of anilines is 1. The number of methoxy groups -OCH3 is 1. The number of thiophene rings is 1. The third-order valence-corrected chi connectivity index (χ3v) is 6.28. The number of carbonyl (C=O) groups excluding carboxylic acids is 3. The highest BCUT2D eigenvalue weighted by atomic mass is 35.5. The molecule has 2 N–H and O–H groups in total. The molecule has 0 radical (unpaired) electrons. The molecule has 3 rings (SSSR count). The van der Waals surface area contributed by atoms with Crippen molar-refractivity contribution in [1.82, 2.24) is 15.1 Å². The van der Waals surface area contributed by atoms with Gasteiger partial charge in [0, 0.05) is 52.0 Å². The highest BCUT2D eigenvalue weighted by Crippen LogP contribution is 2.25. The van der Waals surface area contributed by atoms with Crippen LogP contribution in [-0.2, 0) is 9.53 Å². The van der Waals surface area contributed by atoms with Gasteiger partial charge in [0.15, 0.2) is 0 Å². The second-order valence-electron chi connectivity index (χ2n) is 7.39. The molecule has 0 saturated carbocycles. The smallest absolute Gasteiger partial charge is 0.265 e. The van der Waals surface area contributed by atoms with E-state index in [4.69, 9.17) is 16.3 Å². The summed E-state index contributed by atoms with van der Waals surface area (Å²) in [6, 6.07) is 8.40. The van der Waals surface area contributed by atoms with Crippen LogP contribution < -0.4 is 10.6 Å². The minimum absolute atomic E-state index is 0.0234. The summed E-state index contributed by atoms with van der Waals surface area (Å²) in [6.45, 7) is 3.80. The number of amides is 3. The number of benzene rings is 1. The lowest BCUT2D eigenvalue weighted by Crippen LogP contribution is -2.51. The maximum Gasteiger partial charge on any atom is 0.265 e. The Bertz CT molecular complexity index is 930. The van der Waals surface area contributed by atoms with Gasteiger partial charge in [0.25, 0.3) is 11.8 Å². The lowest BCUT2D eigenvalue weighted by atomic mass is 10.1. The molecule has 1 aromatic heterocycles. The van der Waals surface area contributed by atoms with Crippen LogP contribution in [0.2, 0.25) is 5.02 Å². The van der Waals surface area contributed by atoms with Gasteiger partial charge in [-0.25, -0.2) is 0 Å². The van der Waals surface area contributed by atoms with E-state index in [1.807, 2.05) is 10.3 Å². The van der Waals surface area contributed by atoms with Crippen molar-refractivity contribution in [3.8, 4) is 0 Å². The first-order valence-electron chi connectivity index (χ1n) is 10.4. The Hall–Kier alpha value is -2.46. The molecule has 1 aliphatic rings. The molecule has 0 aliphatic carbocycles. The minimum Gasteiger partial charge on any atom is -0.385 e. The minimum atomic E-state index is -0.263. The molecule has 0 bridgehead atoms. The Morgan fingerprint density at radius 2 is 1.94 bits per heavy atom. The van der Waals surface area contributed by atoms with E-state index < -0.39 is 0 Å². The summed E-state index contributed by atoms with van der Waals surface area (Å²) >= 11 is 7.56. The number of ether oxygens (including phenoxy) is 1. The summed E-state index contributed by atoms with van der Waals surface area (Å²) in [6.07, 6.45) is 0.779. The van der Waals surface area contributed by atoms with Crippen molar-refractivity contribution in [2.75, 3.05) is 58.3 Å². The van der Waals surface area contributed by atoms with E-state index in [-0.39, 0.29) is 17.7 Å². The number of hydrogen-bond donors (Lipinski definition) is 2. The second-order valence-corrected chi connectivity index (χ2v) is 8.75. The largest absolute Gasteiger partial charge is 0.385 e. The van der Waals surface area contributed by atoms with Crippen molar-refractivity contribution in [3.63, 3.8) is 0 Å². The van der Waals surface area contributed by atoms with Crippen molar-refractivity contribution in [1.29, 1.82) is 0 Å². The second kappa shape index (κ2) is 12.0. The lowest BCUT2D eigenvalue weighted by molar-refractivity contribution is -0.122. The molecule has 1 aromatic carbocycles. The third kappa shape index (κ3) is 6.77. The number of carbonyl (C=O) groups is 3. The lowest BCUT2D eigenvalue weighted by Gasteiger charge is -2.34. The summed E-state index contributed by atoms with van der Waals surface area (Å²) in [7, 11) is 1.63. The number of nitrogens with zero attached hydrogens (tertiary/aromatic N) is 2. The molecule has 1 aliphatic heterocycles. The molecule has 172 valence electrons. The molecular formula is C22H27ClN4O4S. The molecule has 3 amide bonds. The summed E-state index contributed by atoms with van der Waals surface area (Å²) in [5, 5.41) is 7.84. The van der Waals surface area contributed by atoms with E-state index in [0.717, 1.165) is 6.42 Å². The molecule has 0 atom stereocenters. The summed E-state index contributed by atoms with van der Waals surface area (Å²) in [5.41, 5.74) is 0.861. The van der Waals surface area contributed by atoms with Gasteiger partial charge in [-0.2, -0.15) is 0 Å². The normalized spacial score (nSPS) is 14.2. The van der Waals surface area contributed by atoms with E-state index in [1.165, 1.54) is 11.3 Å². The fourth-order valence-corrected chi connectivity index (χ4v) is 4.12. The van der Waals surface area contributed by atoms with Gasteiger partial charge < -0.3 is 20.3 Å². The van der Waals surface area contributed by atoms with Crippen molar-refractivity contribution >= 4 is 46.3 Å². The topological polar surface area (TPSA) is 91.0 Å². The first-order valence-corrected chi connectivity index (χ1v) is 11.7. The van der Waals surface area contributed by atoms with Gasteiger partial charge in [-0.1, -0.05) is 17.7 Å². The quantitative estimate of drug-likeness (QED) is 0.540. The Kier molecular flexibility index (Phi) is 9.04. The Balaban J connectivity index is 1.51. The molecule has 0 spiro atoms. The highest BCUT2D eigenvalue weighted by molar-refractivity contribution is 7.12. The maximum atomic E-state index is 13.0. The Labute approximate surface area is 196 Å². The maximum absolute atomic E-state index is 13.0. The predicted molar refractivity (Wildman–Crippen MR) is 126 cm³/mol. The van der Waals surface area contributed by atoms with Crippen LogP contribution in [0.5, 0.6) is 0 Å². The molecule has 1 fully saturated rings. The van der Waals surface area contributed by atoms with E-state index in [9.17, 15) is 14.4 Å². The average Bonchev–Trinajstić information content (AvgIpc) is 3.33. The van der Waals surface area contributed by atoms with Crippen LogP contribution in [0.3, 0.4) is 0 Å². The number of piperazine rings is 1.